The van der Waals surface area contributed by atoms with Crippen LogP contribution in [0.1, 0.15) is 20.3 Å². The van der Waals surface area contributed by atoms with Crippen LogP contribution in [0.5, 0.6) is 0 Å². The van der Waals surface area contributed by atoms with Gasteiger partial charge >= 0.3 is 0 Å². The Kier molecular flexibility index (Phi) is 5.13. The molecule has 0 aromatic heterocycles. The van der Waals surface area contributed by atoms with Gasteiger partial charge < -0.3 is 4.74 Å². The van der Waals surface area contributed by atoms with Gasteiger partial charge in [0.1, 0.15) is 5.76 Å². The Morgan fingerprint density at radius 3 is 2.60 bits per heavy atom. The summed E-state index contributed by atoms with van der Waals surface area (Å²) in [4.78, 5) is 0. The maximum atomic E-state index is 5.75. The Labute approximate surface area is 67.3 Å². The highest BCUT2D eigenvalue weighted by Crippen LogP contribution is 2.13. The number of rotatable bonds is 4. The molecule has 0 bridgehead atoms. The molecule has 0 N–H and O–H groups in total. The lowest BCUT2D eigenvalue weighted by molar-refractivity contribution is 0.242. The summed E-state index contributed by atoms with van der Waals surface area (Å²) in [7, 11) is 0. The van der Waals surface area contributed by atoms with Gasteiger partial charge in [0, 0.05) is 0 Å². The normalized spacial score (nSPS) is 11.3. The van der Waals surface area contributed by atoms with E-state index in [4.69, 9.17) is 16.3 Å². The molecule has 0 rings (SSSR count). The number of hydrogen-bond donors (Lipinski definition) is 0. The van der Waals surface area contributed by atoms with Crippen LogP contribution in [0.2, 0.25) is 0 Å². The van der Waals surface area contributed by atoms with E-state index in [1.807, 2.05) is 19.9 Å². The molecule has 0 amide bonds. The van der Waals surface area contributed by atoms with Gasteiger partial charge in [-0.2, -0.15) is 0 Å². The Bertz CT molecular complexity index is 138. The highest BCUT2D eigenvalue weighted by molar-refractivity contribution is 6.31. The van der Waals surface area contributed by atoms with Gasteiger partial charge in [-0.05, 0) is 13.3 Å². The minimum Gasteiger partial charge on any atom is -0.493 e. The molecule has 0 radical (unpaired) electrons. The Morgan fingerprint density at radius 2 is 2.20 bits per heavy atom. The summed E-state index contributed by atoms with van der Waals surface area (Å²) in [6, 6.07) is 0. The van der Waals surface area contributed by atoms with E-state index in [9.17, 15) is 0 Å². The molecule has 0 aromatic carbocycles. The molecule has 0 aromatic rings. The molecule has 58 valence electrons. The molecule has 0 spiro atoms. The third kappa shape index (κ3) is 3.57. The van der Waals surface area contributed by atoms with E-state index < -0.39 is 0 Å². The average Bonchev–Trinajstić information content (AvgIpc) is 1.89. The van der Waals surface area contributed by atoms with E-state index >= 15 is 0 Å². The third-order valence-corrected chi connectivity index (χ3v) is 1.33. The van der Waals surface area contributed by atoms with E-state index in [-0.39, 0.29) is 0 Å². The highest BCUT2D eigenvalue weighted by Gasteiger charge is 1.96. The number of ether oxygens (including phenoxy) is 1. The molecule has 0 atom stereocenters. The predicted octanol–water partition coefficient (Wildman–Crippen LogP) is 3.07. The summed E-state index contributed by atoms with van der Waals surface area (Å²) in [5, 5.41) is 0.615. The van der Waals surface area contributed by atoms with Crippen molar-refractivity contribution in [2.24, 2.45) is 0 Å². The molecule has 0 fully saturated rings. The van der Waals surface area contributed by atoms with Crippen LogP contribution in [0, 0.1) is 0 Å². The molecule has 2 heteroatoms. The molecule has 0 unspecified atom stereocenters. The van der Waals surface area contributed by atoms with Crippen LogP contribution in [0.3, 0.4) is 0 Å². The molecular weight excluding hydrogens is 148 g/mol. The standard InChI is InChI=1S/C8H13ClO/c1-4-6-8(9)7(3)10-5-2/h6H,3-5H2,1-2H3/b8-6-. The SMILES string of the molecule is C=C(OCC)/C(Cl)=C/CC. The second kappa shape index (κ2) is 5.36. The van der Waals surface area contributed by atoms with Gasteiger partial charge in [0.05, 0.1) is 11.6 Å². The molecule has 0 saturated heterocycles. The Morgan fingerprint density at radius 1 is 1.60 bits per heavy atom. The van der Waals surface area contributed by atoms with Gasteiger partial charge in [0.2, 0.25) is 0 Å². The van der Waals surface area contributed by atoms with Crippen LogP contribution in [0.25, 0.3) is 0 Å². The fraction of sp³-hybridized carbons (Fsp3) is 0.500. The molecule has 10 heavy (non-hydrogen) atoms. The monoisotopic (exact) mass is 160 g/mol. The lowest BCUT2D eigenvalue weighted by atomic mass is 10.4. The summed E-state index contributed by atoms with van der Waals surface area (Å²) in [6.07, 6.45) is 2.78. The van der Waals surface area contributed by atoms with Gasteiger partial charge in [-0.25, -0.2) is 0 Å². The highest BCUT2D eigenvalue weighted by atomic mass is 35.5. The number of allylic oxidation sites excluding steroid dienone is 2. The first-order chi connectivity index (χ1) is 4.72. The summed E-state index contributed by atoms with van der Waals surface area (Å²) >= 11 is 5.75. The summed E-state index contributed by atoms with van der Waals surface area (Å²) in [5.74, 6) is 0.561. The van der Waals surface area contributed by atoms with Crippen LogP contribution in [0.15, 0.2) is 23.4 Å². The van der Waals surface area contributed by atoms with E-state index in [1.165, 1.54) is 0 Å². The quantitative estimate of drug-likeness (QED) is 0.454. The number of halogens is 1. The first kappa shape index (κ1) is 9.57. The first-order valence-electron chi connectivity index (χ1n) is 3.40. The average molecular weight is 161 g/mol. The topological polar surface area (TPSA) is 9.23 Å². The molecule has 0 saturated carbocycles. The van der Waals surface area contributed by atoms with Crippen LogP contribution < -0.4 is 0 Å². The smallest absolute Gasteiger partial charge is 0.130 e. The van der Waals surface area contributed by atoms with Crippen molar-refractivity contribution in [3.63, 3.8) is 0 Å². The van der Waals surface area contributed by atoms with Gasteiger partial charge in [0.15, 0.2) is 0 Å². The predicted molar refractivity (Wildman–Crippen MR) is 45.0 cm³/mol. The van der Waals surface area contributed by atoms with Crippen molar-refractivity contribution in [1.82, 2.24) is 0 Å². The second-order valence-electron chi connectivity index (χ2n) is 1.82. The minimum absolute atomic E-state index is 0.561. The van der Waals surface area contributed by atoms with Gasteiger partial charge in [-0.3, -0.25) is 0 Å². The van der Waals surface area contributed by atoms with Crippen LogP contribution >= 0.6 is 11.6 Å². The lowest BCUT2D eigenvalue weighted by Gasteiger charge is -2.03. The van der Waals surface area contributed by atoms with Crippen LogP contribution in [0.4, 0.5) is 0 Å². The molecular formula is C8H13ClO. The fourth-order valence-corrected chi connectivity index (χ4v) is 0.745. The summed E-state index contributed by atoms with van der Waals surface area (Å²) < 4.78 is 5.06. The molecule has 0 aliphatic heterocycles. The van der Waals surface area contributed by atoms with E-state index in [2.05, 4.69) is 6.58 Å². The molecule has 0 aliphatic rings. The summed E-state index contributed by atoms with van der Waals surface area (Å²) in [5.41, 5.74) is 0. The zero-order valence-electron chi connectivity index (χ0n) is 6.48. The minimum atomic E-state index is 0.561. The molecule has 1 nitrogen and oxygen atoms in total. The second-order valence-corrected chi connectivity index (χ2v) is 2.22. The van der Waals surface area contributed by atoms with E-state index in [1.54, 1.807) is 0 Å². The molecule has 0 aliphatic carbocycles. The zero-order valence-corrected chi connectivity index (χ0v) is 7.24. The van der Waals surface area contributed by atoms with Crippen molar-refractivity contribution in [2.75, 3.05) is 6.61 Å². The van der Waals surface area contributed by atoms with Crippen molar-refractivity contribution in [2.45, 2.75) is 20.3 Å². The lowest BCUT2D eigenvalue weighted by Crippen LogP contribution is -1.89. The maximum absolute atomic E-state index is 5.75. The van der Waals surface area contributed by atoms with Gasteiger partial charge in [-0.1, -0.05) is 31.2 Å². The van der Waals surface area contributed by atoms with E-state index in [0.717, 1.165) is 6.42 Å². The molecule has 0 heterocycles. The van der Waals surface area contributed by atoms with Crippen LogP contribution in [-0.2, 0) is 4.74 Å². The largest absolute Gasteiger partial charge is 0.493 e. The first-order valence-corrected chi connectivity index (χ1v) is 3.77. The summed E-state index contributed by atoms with van der Waals surface area (Å²) in [6.45, 7) is 8.18. The van der Waals surface area contributed by atoms with Crippen molar-refractivity contribution in [3.8, 4) is 0 Å². The third-order valence-electron chi connectivity index (χ3n) is 0.968. The fourth-order valence-electron chi connectivity index (χ4n) is 0.536. The van der Waals surface area contributed by atoms with E-state index in [0.29, 0.717) is 17.4 Å². The Hall–Kier alpha value is -0.430. The Balaban J connectivity index is 3.82. The van der Waals surface area contributed by atoms with Crippen molar-refractivity contribution in [1.29, 1.82) is 0 Å². The van der Waals surface area contributed by atoms with Gasteiger partial charge in [-0.15, -0.1) is 0 Å². The van der Waals surface area contributed by atoms with Crippen LogP contribution in [-0.4, -0.2) is 6.61 Å². The van der Waals surface area contributed by atoms with Crippen molar-refractivity contribution >= 4 is 11.6 Å². The maximum Gasteiger partial charge on any atom is 0.130 e. The van der Waals surface area contributed by atoms with Gasteiger partial charge in [0.25, 0.3) is 0 Å². The van der Waals surface area contributed by atoms with Crippen molar-refractivity contribution < 1.29 is 4.74 Å². The van der Waals surface area contributed by atoms with Crippen molar-refractivity contribution in [3.05, 3.63) is 23.4 Å². The number of hydrogen-bond acceptors (Lipinski definition) is 1. The zero-order chi connectivity index (χ0) is 7.98.